The Labute approximate surface area is 121 Å². The fourth-order valence-corrected chi connectivity index (χ4v) is 2.26. The molecule has 106 valence electrons. The van der Waals surface area contributed by atoms with Crippen LogP contribution in [0.5, 0.6) is 0 Å². The van der Waals surface area contributed by atoms with E-state index in [-0.39, 0.29) is 11.6 Å². The first-order chi connectivity index (χ1) is 10.1. The number of aromatic nitrogens is 2. The van der Waals surface area contributed by atoms with Crippen molar-refractivity contribution in [2.45, 2.75) is 13.5 Å². The van der Waals surface area contributed by atoms with Gasteiger partial charge in [0.05, 0.1) is 11.0 Å². The van der Waals surface area contributed by atoms with E-state index in [4.69, 9.17) is 0 Å². The van der Waals surface area contributed by atoms with E-state index in [0.29, 0.717) is 12.1 Å². The van der Waals surface area contributed by atoms with Gasteiger partial charge in [-0.05, 0) is 36.8 Å². The lowest BCUT2D eigenvalue weighted by molar-refractivity contribution is 0.0951. The van der Waals surface area contributed by atoms with Gasteiger partial charge in [0, 0.05) is 12.1 Å². The summed E-state index contributed by atoms with van der Waals surface area (Å²) in [6.45, 7) is 2.36. The molecule has 0 spiro atoms. The lowest BCUT2D eigenvalue weighted by atomic mass is 10.1. The number of H-pyrrole nitrogens is 2. The Morgan fingerprint density at radius 2 is 1.90 bits per heavy atom. The van der Waals surface area contributed by atoms with E-state index in [1.807, 2.05) is 43.3 Å². The predicted molar refractivity (Wildman–Crippen MR) is 81.3 cm³/mol. The van der Waals surface area contributed by atoms with Crippen molar-refractivity contribution in [3.05, 3.63) is 69.6 Å². The zero-order valence-electron chi connectivity index (χ0n) is 11.6. The molecule has 1 heterocycles. The van der Waals surface area contributed by atoms with Gasteiger partial charge >= 0.3 is 5.69 Å². The van der Waals surface area contributed by atoms with Gasteiger partial charge in [-0.1, -0.05) is 23.8 Å². The Kier molecular flexibility index (Phi) is 3.31. The molecule has 0 saturated heterocycles. The zero-order valence-corrected chi connectivity index (χ0v) is 11.6. The van der Waals surface area contributed by atoms with Gasteiger partial charge in [0.25, 0.3) is 5.91 Å². The van der Waals surface area contributed by atoms with Crippen molar-refractivity contribution < 1.29 is 4.79 Å². The van der Waals surface area contributed by atoms with Gasteiger partial charge in [0.15, 0.2) is 0 Å². The highest BCUT2D eigenvalue weighted by Crippen LogP contribution is 2.10. The van der Waals surface area contributed by atoms with Crippen LogP contribution in [0.3, 0.4) is 0 Å². The van der Waals surface area contributed by atoms with Crippen molar-refractivity contribution in [3.63, 3.8) is 0 Å². The molecule has 5 nitrogen and oxygen atoms in total. The van der Waals surface area contributed by atoms with Crippen LogP contribution in [-0.2, 0) is 6.54 Å². The van der Waals surface area contributed by atoms with E-state index in [0.717, 1.165) is 22.2 Å². The fourth-order valence-electron chi connectivity index (χ4n) is 2.26. The van der Waals surface area contributed by atoms with E-state index in [9.17, 15) is 9.59 Å². The molecule has 3 N–H and O–H groups in total. The monoisotopic (exact) mass is 281 g/mol. The summed E-state index contributed by atoms with van der Waals surface area (Å²) < 4.78 is 0. The Morgan fingerprint density at radius 3 is 2.71 bits per heavy atom. The van der Waals surface area contributed by atoms with Gasteiger partial charge < -0.3 is 15.3 Å². The molecule has 1 amide bonds. The number of hydrogen-bond donors (Lipinski definition) is 3. The normalized spacial score (nSPS) is 10.7. The summed E-state index contributed by atoms with van der Waals surface area (Å²) in [5, 5.41) is 2.87. The summed E-state index contributed by atoms with van der Waals surface area (Å²) in [4.78, 5) is 28.7. The van der Waals surface area contributed by atoms with Crippen LogP contribution < -0.4 is 11.0 Å². The smallest absolute Gasteiger partial charge is 0.323 e. The second kappa shape index (κ2) is 5.28. The van der Waals surface area contributed by atoms with Crippen LogP contribution in [0, 0.1) is 6.92 Å². The number of imidazole rings is 1. The molecule has 0 atom stereocenters. The molecule has 2 aromatic carbocycles. The molecule has 21 heavy (non-hydrogen) atoms. The lowest BCUT2D eigenvalue weighted by Gasteiger charge is -2.06. The van der Waals surface area contributed by atoms with Crippen LogP contribution in [0.1, 0.15) is 21.5 Å². The van der Waals surface area contributed by atoms with Gasteiger partial charge in [-0.2, -0.15) is 0 Å². The van der Waals surface area contributed by atoms with Crippen LogP contribution in [0.2, 0.25) is 0 Å². The molecule has 5 heteroatoms. The number of aromatic amines is 2. The molecule has 0 saturated carbocycles. The van der Waals surface area contributed by atoms with Crippen LogP contribution in [0.25, 0.3) is 11.0 Å². The molecule has 1 aromatic heterocycles. The average molecular weight is 281 g/mol. The molecule has 0 aliphatic heterocycles. The number of hydrogen-bond acceptors (Lipinski definition) is 2. The van der Waals surface area contributed by atoms with Crippen molar-refractivity contribution in [1.82, 2.24) is 15.3 Å². The maximum Gasteiger partial charge on any atom is 0.323 e. The summed E-state index contributed by atoms with van der Waals surface area (Å²) >= 11 is 0. The molecular formula is C16H15N3O2. The molecule has 0 aliphatic rings. The highest BCUT2D eigenvalue weighted by atomic mass is 16.1. The minimum absolute atomic E-state index is 0.110. The summed E-state index contributed by atoms with van der Waals surface area (Å²) in [7, 11) is 0. The maximum absolute atomic E-state index is 12.1. The highest BCUT2D eigenvalue weighted by molar-refractivity contribution is 5.94. The summed E-state index contributed by atoms with van der Waals surface area (Å²) in [5.41, 5.74) is 3.89. The van der Waals surface area contributed by atoms with Gasteiger partial charge in [-0.3, -0.25) is 4.79 Å². The van der Waals surface area contributed by atoms with E-state index >= 15 is 0 Å². The lowest BCUT2D eigenvalue weighted by Crippen LogP contribution is -2.22. The first-order valence-corrected chi connectivity index (χ1v) is 6.67. The van der Waals surface area contributed by atoms with E-state index in [1.165, 1.54) is 0 Å². The quantitative estimate of drug-likeness (QED) is 0.687. The largest absolute Gasteiger partial charge is 0.348 e. The Hall–Kier alpha value is -2.82. The third-order valence-electron chi connectivity index (χ3n) is 3.31. The second-order valence-electron chi connectivity index (χ2n) is 5.01. The number of amides is 1. The number of aryl methyl sites for hydroxylation is 1. The number of carbonyl (C=O) groups excluding carboxylic acids is 1. The van der Waals surface area contributed by atoms with Crippen molar-refractivity contribution >= 4 is 16.9 Å². The van der Waals surface area contributed by atoms with Gasteiger partial charge in [0.1, 0.15) is 0 Å². The molecule has 0 bridgehead atoms. The Bertz CT molecular complexity index is 861. The SMILES string of the molecule is Cc1cccc(C(=O)NCc2ccc3[nH]c(=O)[nH]c3c2)c1. The Morgan fingerprint density at radius 1 is 1.10 bits per heavy atom. The van der Waals surface area contributed by atoms with Gasteiger partial charge in [0.2, 0.25) is 0 Å². The highest BCUT2D eigenvalue weighted by Gasteiger charge is 2.06. The summed E-state index contributed by atoms with van der Waals surface area (Å²) in [5.74, 6) is -0.110. The minimum Gasteiger partial charge on any atom is -0.348 e. The van der Waals surface area contributed by atoms with E-state index in [1.54, 1.807) is 6.07 Å². The minimum atomic E-state index is -0.231. The third kappa shape index (κ3) is 2.86. The summed E-state index contributed by atoms with van der Waals surface area (Å²) in [6, 6.07) is 13.0. The average Bonchev–Trinajstić information content (AvgIpc) is 2.84. The second-order valence-corrected chi connectivity index (χ2v) is 5.01. The first-order valence-electron chi connectivity index (χ1n) is 6.67. The standard InChI is InChI=1S/C16H15N3O2/c1-10-3-2-4-12(7-10)15(20)17-9-11-5-6-13-14(8-11)19-16(21)18-13/h2-8H,9H2,1H3,(H,17,20)(H2,18,19,21). The van der Waals surface area contributed by atoms with Crippen molar-refractivity contribution in [3.8, 4) is 0 Å². The maximum atomic E-state index is 12.1. The van der Waals surface area contributed by atoms with Crippen LogP contribution >= 0.6 is 0 Å². The topological polar surface area (TPSA) is 77.8 Å². The number of fused-ring (bicyclic) bond motifs is 1. The fraction of sp³-hybridized carbons (Fsp3) is 0.125. The molecule has 0 radical (unpaired) electrons. The van der Waals surface area contributed by atoms with Crippen molar-refractivity contribution in [1.29, 1.82) is 0 Å². The van der Waals surface area contributed by atoms with Crippen LogP contribution in [0.15, 0.2) is 47.3 Å². The number of rotatable bonds is 3. The van der Waals surface area contributed by atoms with Crippen LogP contribution in [-0.4, -0.2) is 15.9 Å². The molecule has 0 unspecified atom stereocenters. The zero-order chi connectivity index (χ0) is 14.8. The number of nitrogens with one attached hydrogen (secondary N) is 3. The van der Waals surface area contributed by atoms with E-state index < -0.39 is 0 Å². The summed E-state index contributed by atoms with van der Waals surface area (Å²) in [6.07, 6.45) is 0. The van der Waals surface area contributed by atoms with E-state index in [2.05, 4.69) is 15.3 Å². The van der Waals surface area contributed by atoms with Crippen molar-refractivity contribution in [2.24, 2.45) is 0 Å². The van der Waals surface area contributed by atoms with Crippen LogP contribution in [0.4, 0.5) is 0 Å². The number of benzene rings is 2. The third-order valence-corrected chi connectivity index (χ3v) is 3.31. The molecular weight excluding hydrogens is 266 g/mol. The molecule has 3 aromatic rings. The predicted octanol–water partition coefficient (Wildman–Crippen LogP) is 2.09. The Balaban J connectivity index is 1.73. The van der Waals surface area contributed by atoms with Gasteiger partial charge in [-0.15, -0.1) is 0 Å². The van der Waals surface area contributed by atoms with Gasteiger partial charge in [-0.25, -0.2) is 4.79 Å². The first kappa shape index (κ1) is 13.2. The molecule has 0 aliphatic carbocycles. The molecule has 0 fully saturated rings. The van der Waals surface area contributed by atoms with Crippen molar-refractivity contribution in [2.75, 3.05) is 0 Å². The number of carbonyl (C=O) groups is 1. The molecule has 3 rings (SSSR count).